The lowest BCUT2D eigenvalue weighted by molar-refractivity contribution is -0.122. The molecule has 1 aliphatic rings. The van der Waals surface area contributed by atoms with Crippen LogP contribution in [-0.4, -0.2) is 19.2 Å². The Hall–Kier alpha value is -2.67. The Morgan fingerprint density at radius 1 is 1.07 bits per heavy atom. The smallest absolute Gasteiger partial charge is 0.244 e. The largest absolute Gasteiger partial charge is 0.496 e. The van der Waals surface area contributed by atoms with Gasteiger partial charge < -0.3 is 4.74 Å². The Morgan fingerprint density at radius 3 is 2.24 bits per heavy atom. The minimum absolute atomic E-state index is 0.0582. The molecule has 4 nitrogen and oxygen atoms in total. The third kappa shape index (κ3) is 3.92. The number of hydrogen-bond acceptors (Lipinski definition) is 3. The maximum absolute atomic E-state index is 12.9. The Morgan fingerprint density at radius 2 is 1.69 bits per heavy atom. The highest BCUT2D eigenvalue weighted by Crippen LogP contribution is 2.58. The van der Waals surface area contributed by atoms with Gasteiger partial charge in [0, 0.05) is 5.41 Å². The number of nitrogens with one attached hydrogen (secondary N) is 1. The molecule has 5 heteroatoms. The molecule has 4 rings (SSSR count). The quantitative estimate of drug-likeness (QED) is 0.304. The van der Waals surface area contributed by atoms with E-state index in [1.807, 2.05) is 54.6 Å². The summed E-state index contributed by atoms with van der Waals surface area (Å²) in [5, 5.41) is 4.18. The first-order valence-corrected chi connectivity index (χ1v) is 10.5. The molecule has 0 saturated heterocycles. The number of rotatable bonds is 6. The molecule has 29 heavy (non-hydrogen) atoms. The molecule has 0 spiro atoms. The van der Waals surface area contributed by atoms with Gasteiger partial charge in [-0.05, 0) is 63.9 Å². The highest BCUT2D eigenvalue weighted by atomic mass is 127. The number of carbonyl (C=O) groups excluding carboxylic acids is 1. The molecule has 0 bridgehead atoms. The first-order valence-electron chi connectivity index (χ1n) is 9.42. The maximum atomic E-state index is 12.9. The van der Waals surface area contributed by atoms with Crippen molar-refractivity contribution in [2.45, 2.75) is 11.8 Å². The van der Waals surface area contributed by atoms with Crippen molar-refractivity contribution < 1.29 is 9.53 Å². The van der Waals surface area contributed by atoms with Gasteiger partial charge in [-0.2, -0.15) is 5.10 Å². The summed E-state index contributed by atoms with van der Waals surface area (Å²) in [6.45, 7) is 0. The number of methoxy groups -OCH3 is 1. The molecular weight excluding hydrogens is 475 g/mol. The van der Waals surface area contributed by atoms with Crippen LogP contribution in [0.4, 0.5) is 0 Å². The second kappa shape index (κ2) is 8.37. The second-order valence-corrected chi connectivity index (χ2v) is 8.25. The molecule has 3 aromatic carbocycles. The number of amides is 1. The van der Waals surface area contributed by atoms with Gasteiger partial charge in [0.1, 0.15) is 5.75 Å². The van der Waals surface area contributed by atoms with Crippen molar-refractivity contribution in [2.24, 2.45) is 11.0 Å². The molecular formula is C24H21IN2O2. The van der Waals surface area contributed by atoms with Crippen molar-refractivity contribution in [3.63, 3.8) is 0 Å². The van der Waals surface area contributed by atoms with Crippen LogP contribution in [0.25, 0.3) is 0 Å². The van der Waals surface area contributed by atoms with Crippen LogP contribution in [0.1, 0.15) is 23.1 Å². The van der Waals surface area contributed by atoms with Crippen LogP contribution in [0.3, 0.4) is 0 Å². The third-order valence-electron chi connectivity index (χ3n) is 5.42. The summed E-state index contributed by atoms with van der Waals surface area (Å²) in [4.78, 5) is 12.9. The minimum atomic E-state index is -0.280. The topological polar surface area (TPSA) is 50.7 Å². The number of carbonyl (C=O) groups is 1. The van der Waals surface area contributed by atoms with Gasteiger partial charge >= 0.3 is 0 Å². The van der Waals surface area contributed by atoms with E-state index < -0.39 is 0 Å². The van der Waals surface area contributed by atoms with Gasteiger partial charge in [-0.3, -0.25) is 4.79 Å². The highest BCUT2D eigenvalue weighted by Gasteiger charge is 2.60. The number of halogens is 1. The van der Waals surface area contributed by atoms with Gasteiger partial charge in [-0.25, -0.2) is 5.43 Å². The number of hydrazone groups is 1. The minimum Gasteiger partial charge on any atom is -0.496 e. The summed E-state index contributed by atoms with van der Waals surface area (Å²) < 4.78 is 6.26. The van der Waals surface area contributed by atoms with Gasteiger partial charge in [-0.1, -0.05) is 60.7 Å². The van der Waals surface area contributed by atoms with Crippen LogP contribution in [0.5, 0.6) is 5.75 Å². The van der Waals surface area contributed by atoms with Crippen molar-refractivity contribution in [3.05, 3.63) is 99.1 Å². The van der Waals surface area contributed by atoms with E-state index in [0.29, 0.717) is 0 Å². The van der Waals surface area contributed by atoms with Crippen molar-refractivity contribution in [1.82, 2.24) is 5.43 Å². The van der Waals surface area contributed by atoms with Crippen molar-refractivity contribution in [1.29, 1.82) is 0 Å². The molecule has 1 N–H and O–H groups in total. The van der Waals surface area contributed by atoms with Gasteiger partial charge in [0.25, 0.3) is 0 Å². The van der Waals surface area contributed by atoms with Crippen LogP contribution >= 0.6 is 22.6 Å². The molecule has 1 aliphatic carbocycles. The molecule has 0 radical (unpaired) electrons. The van der Waals surface area contributed by atoms with Crippen LogP contribution in [0, 0.1) is 9.49 Å². The second-order valence-electron chi connectivity index (χ2n) is 7.09. The van der Waals surface area contributed by atoms with Gasteiger partial charge in [0.05, 0.1) is 22.8 Å². The summed E-state index contributed by atoms with van der Waals surface area (Å²) in [6.07, 6.45) is 2.44. The highest BCUT2D eigenvalue weighted by molar-refractivity contribution is 14.1. The molecule has 3 aromatic rings. The van der Waals surface area contributed by atoms with E-state index in [2.05, 4.69) is 57.4 Å². The third-order valence-corrected chi connectivity index (χ3v) is 6.26. The molecule has 1 saturated carbocycles. The van der Waals surface area contributed by atoms with Gasteiger partial charge in [0.2, 0.25) is 5.91 Å². The average molecular weight is 496 g/mol. The summed E-state index contributed by atoms with van der Waals surface area (Å²) in [5.41, 5.74) is 5.69. The maximum Gasteiger partial charge on any atom is 0.244 e. The lowest BCUT2D eigenvalue weighted by Gasteiger charge is -2.18. The van der Waals surface area contributed by atoms with Crippen LogP contribution in [-0.2, 0) is 10.2 Å². The van der Waals surface area contributed by atoms with E-state index in [9.17, 15) is 4.79 Å². The molecule has 0 aromatic heterocycles. The number of hydrogen-bond donors (Lipinski definition) is 1. The molecule has 0 aliphatic heterocycles. The van der Waals surface area contributed by atoms with Crippen molar-refractivity contribution >= 4 is 34.7 Å². The Labute approximate surface area is 184 Å². The summed E-state index contributed by atoms with van der Waals surface area (Å²) >= 11 is 2.22. The summed E-state index contributed by atoms with van der Waals surface area (Å²) in [5.74, 6) is 0.623. The summed E-state index contributed by atoms with van der Waals surface area (Å²) in [7, 11) is 1.65. The van der Waals surface area contributed by atoms with E-state index in [1.54, 1.807) is 13.3 Å². The predicted octanol–water partition coefficient (Wildman–Crippen LogP) is 4.76. The lowest BCUT2D eigenvalue weighted by atomic mass is 9.85. The van der Waals surface area contributed by atoms with Crippen molar-refractivity contribution in [2.75, 3.05) is 7.11 Å². The van der Waals surface area contributed by atoms with E-state index >= 15 is 0 Å². The first kappa shape index (κ1) is 19.6. The molecule has 1 fully saturated rings. The van der Waals surface area contributed by atoms with Crippen molar-refractivity contribution in [3.8, 4) is 5.75 Å². The number of nitrogens with zero attached hydrogens (tertiary/aromatic N) is 1. The normalized spacial score (nSPS) is 17.1. The molecule has 1 atom stereocenters. The number of ether oxygens (including phenoxy) is 1. The van der Waals surface area contributed by atoms with Gasteiger partial charge in [-0.15, -0.1) is 0 Å². The fourth-order valence-electron chi connectivity index (χ4n) is 3.87. The van der Waals surface area contributed by atoms with E-state index in [0.717, 1.165) is 21.3 Å². The summed E-state index contributed by atoms with van der Waals surface area (Å²) in [6, 6.07) is 26.3. The zero-order chi connectivity index (χ0) is 20.3. The standard InChI is InChI=1S/C24H21IN2O2/c1-29-22-13-12-17(14-21(22)25)16-26-27-23(28)20-15-24(20,18-8-4-2-5-9-18)19-10-6-3-7-11-19/h2-14,16,20H,15H2,1H3,(H,27,28)/b26-16-. The number of benzene rings is 3. The zero-order valence-corrected chi connectivity index (χ0v) is 18.2. The Balaban J connectivity index is 1.51. The molecule has 146 valence electrons. The van der Waals surface area contributed by atoms with Crippen LogP contribution < -0.4 is 10.2 Å². The van der Waals surface area contributed by atoms with E-state index in [-0.39, 0.29) is 17.2 Å². The SMILES string of the molecule is COc1ccc(/C=N\NC(=O)C2CC2(c2ccccc2)c2ccccc2)cc1I. The fourth-order valence-corrected chi connectivity index (χ4v) is 4.63. The molecule has 0 heterocycles. The Kier molecular flexibility index (Phi) is 5.67. The van der Waals surface area contributed by atoms with Crippen LogP contribution in [0.15, 0.2) is 84.0 Å². The average Bonchev–Trinajstić information content (AvgIpc) is 3.52. The molecule has 1 amide bonds. The monoisotopic (exact) mass is 496 g/mol. The Bertz CT molecular complexity index is 996. The molecule has 1 unspecified atom stereocenters. The predicted molar refractivity (Wildman–Crippen MR) is 123 cm³/mol. The van der Waals surface area contributed by atoms with Crippen LogP contribution in [0.2, 0.25) is 0 Å². The van der Waals surface area contributed by atoms with Gasteiger partial charge in [0.15, 0.2) is 0 Å². The fraction of sp³-hybridized carbons (Fsp3) is 0.167. The lowest BCUT2D eigenvalue weighted by Crippen LogP contribution is -2.25. The first-order chi connectivity index (χ1) is 14.1. The van der Waals surface area contributed by atoms with E-state index in [1.165, 1.54) is 11.1 Å². The zero-order valence-electron chi connectivity index (χ0n) is 16.0. The van der Waals surface area contributed by atoms with E-state index in [4.69, 9.17) is 4.74 Å².